The molecular formula is C17H28O2. The quantitative estimate of drug-likeness (QED) is 0.823. The third kappa shape index (κ3) is 4.32. The summed E-state index contributed by atoms with van der Waals surface area (Å²) in [5, 5.41) is 20.4. The molecule has 0 saturated carbocycles. The van der Waals surface area contributed by atoms with E-state index in [4.69, 9.17) is 0 Å². The van der Waals surface area contributed by atoms with Gasteiger partial charge < -0.3 is 10.2 Å². The van der Waals surface area contributed by atoms with Crippen LogP contribution in [-0.4, -0.2) is 21.4 Å². The lowest BCUT2D eigenvalue weighted by Crippen LogP contribution is -2.45. The molecule has 0 aliphatic rings. The van der Waals surface area contributed by atoms with Gasteiger partial charge in [0, 0.05) is 5.41 Å². The zero-order chi connectivity index (χ0) is 14.7. The molecule has 0 unspecified atom stereocenters. The maximum Gasteiger partial charge on any atom is 0.0685 e. The molecule has 0 fully saturated rings. The van der Waals surface area contributed by atoms with Crippen LogP contribution in [0.15, 0.2) is 30.3 Å². The maximum atomic E-state index is 10.6. The van der Waals surface area contributed by atoms with Crippen molar-refractivity contribution in [1.29, 1.82) is 0 Å². The largest absolute Gasteiger partial charge is 0.390 e. The second-order valence-corrected chi connectivity index (χ2v) is 6.92. The Labute approximate surface area is 117 Å². The fourth-order valence-corrected chi connectivity index (χ4v) is 2.48. The van der Waals surface area contributed by atoms with Crippen LogP contribution < -0.4 is 0 Å². The van der Waals surface area contributed by atoms with E-state index in [-0.39, 0.29) is 5.41 Å². The van der Waals surface area contributed by atoms with Gasteiger partial charge in [-0.25, -0.2) is 0 Å². The molecular weight excluding hydrogens is 236 g/mol. The number of hydrogen-bond donors (Lipinski definition) is 2. The Hall–Kier alpha value is -0.860. The predicted molar refractivity (Wildman–Crippen MR) is 80.2 cm³/mol. The average molecular weight is 264 g/mol. The van der Waals surface area contributed by atoms with Crippen molar-refractivity contribution in [2.75, 3.05) is 0 Å². The standard InChI is InChI=1S/C17H28O2/c1-15(2,18)12-9-13-17(5,16(3,4)19)14-10-7-6-8-11-14/h6-8,10-11,18-19H,9,12-13H2,1-5H3/t17-/m0/s1. The summed E-state index contributed by atoms with van der Waals surface area (Å²) >= 11 is 0. The molecule has 2 N–H and O–H groups in total. The van der Waals surface area contributed by atoms with Crippen molar-refractivity contribution in [2.45, 2.75) is 70.5 Å². The lowest BCUT2D eigenvalue weighted by Gasteiger charge is -2.41. The molecule has 1 atom stereocenters. The highest BCUT2D eigenvalue weighted by Gasteiger charge is 2.40. The molecule has 108 valence electrons. The van der Waals surface area contributed by atoms with E-state index in [9.17, 15) is 10.2 Å². The van der Waals surface area contributed by atoms with Crippen molar-refractivity contribution in [3.05, 3.63) is 35.9 Å². The zero-order valence-corrected chi connectivity index (χ0v) is 12.9. The van der Waals surface area contributed by atoms with Crippen molar-refractivity contribution in [3.63, 3.8) is 0 Å². The Kier molecular flexibility index (Phi) is 4.81. The Bertz CT molecular complexity index is 384. The van der Waals surface area contributed by atoms with Gasteiger partial charge in [0.1, 0.15) is 0 Å². The highest BCUT2D eigenvalue weighted by Crippen LogP contribution is 2.40. The lowest BCUT2D eigenvalue weighted by molar-refractivity contribution is -0.00886. The molecule has 2 nitrogen and oxygen atoms in total. The molecule has 2 heteroatoms. The third-order valence-electron chi connectivity index (χ3n) is 4.23. The summed E-state index contributed by atoms with van der Waals surface area (Å²) in [6.07, 6.45) is 2.48. The average Bonchev–Trinajstić information content (AvgIpc) is 2.26. The van der Waals surface area contributed by atoms with Crippen molar-refractivity contribution >= 4 is 0 Å². The van der Waals surface area contributed by atoms with E-state index >= 15 is 0 Å². The monoisotopic (exact) mass is 264 g/mol. The first kappa shape index (κ1) is 16.2. The molecule has 1 aromatic rings. The van der Waals surface area contributed by atoms with Gasteiger partial charge in [0.2, 0.25) is 0 Å². The van der Waals surface area contributed by atoms with E-state index in [1.54, 1.807) is 0 Å². The van der Waals surface area contributed by atoms with Crippen LogP contribution in [0.1, 0.15) is 59.4 Å². The van der Waals surface area contributed by atoms with Gasteiger partial charge in [-0.15, -0.1) is 0 Å². The van der Waals surface area contributed by atoms with Crippen LogP contribution in [0.3, 0.4) is 0 Å². The summed E-state index contributed by atoms with van der Waals surface area (Å²) in [7, 11) is 0. The Balaban J connectivity index is 2.90. The topological polar surface area (TPSA) is 40.5 Å². The van der Waals surface area contributed by atoms with E-state index in [2.05, 4.69) is 19.1 Å². The Morgan fingerprint density at radius 3 is 1.79 bits per heavy atom. The molecule has 0 aliphatic carbocycles. The van der Waals surface area contributed by atoms with Crippen LogP contribution in [-0.2, 0) is 5.41 Å². The smallest absolute Gasteiger partial charge is 0.0685 e. The number of hydrogen-bond acceptors (Lipinski definition) is 2. The van der Waals surface area contributed by atoms with E-state index in [1.807, 2.05) is 45.9 Å². The summed E-state index contributed by atoms with van der Waals surface area (Å²) in [4.78, 5) is 0. The van der Waals surface area contributed by atoms with Crippen molar-refractivity contribution in [1.82, 2.24) is 0 Å². The number of aliphatic hydroxyl groups is 2. The fraction of sp³-hybridized carbons (Fsp3) is 0.647. The first-order chi connectivity index (χ1) is 8.56. The molecule has 0 aliphatic heterocycles. The van der Waals surface area contributed by atoms with Crippen LogP contribution in [0.2, 0.25) is 0 Å². The minimum absolute atomic E-state index is 0.306. The van der Waals surface area contributed by atoms with Gasteiger partial charge in [-0.3, -0.25) is 0 Å². The van der Waals surface area contributed by atoms with Crippen molar-refractivity contribution in [2.24, 2.45) is 0 Å². The van der Waals surface area contributed by atoms with E-state index in [0.29, 0.717) is 0 Å². The molecule has 0 heterocycles. The highest BCUT2D eigenvalue weighted by atomic mass is 16.3. The van der Waals surface area contributed by atoms with Crippen LogP contribution in [0.5, 0.6) is 0 Å². The molecule has 0 spiro atoms. The highest BCUT2D eigenvalue weighted by molar-refractivity contribution is 5.28. The van der Waals surface area contributed by atoms with E-state index in [0.717, 1.165) is 24.8 Å². The van der Waals surface area contributed by atoms with Crippen molar-refractivity contribution in [3.8, 4) is 0 Å². The molecule has 1 rings (SSSR count). The van der Waals surface area contributed by atoms with Crippen LogP contribution in [0.25, 0.3) is 0 Å². The molecule has 19 heavy (non-hydrogen) atoms. The van der Waals surface area contributed by atoms with Crippen LogP contribution in [0.4, 0.5) is 0 Å². The normalized spacial score (nSPS) is 16.2. The zero-order valence-electron chi connectivity index (χ0n) is 12.9. The van der Waals surface area contributed by atoms with Crippen LogP contribution >= 0.6 is 0 Å². The number of rotatable bonds is 6. The molecule has 0 amide bonds. The van der Waals surface area contributed by atoms with Gasteiger partial charge in [0.05, 0.1) is 11.2 Å². The van der Waals surface area contributed by atoms with Gasteiger partial charge in [-0.05, 0) is 52.5 Å². The van der Waals surface area contributed by atoms with Crippen LogP contribution in [0, 0.1) is 0 Å². The summed E-state index contributed by atoms with van der Waals surface area (Å²) < 4.78 is 0. The predicted octanol–water partition coefficient (Wildman–Crippen LogP) is 3.66. The second-order valence-electron chi connectivity index (χ2n) is 6.92. The van der Waals surface area contributed by atoms with Crippen molar-refractivity contribution < 1.29 is 10.2 Å². The SMILES string of the molecule is CC(C)(O)CCC[C@@](C)(c1ccccc1)C(C)(C)O. The summed E-state index contributed by atoms with van der Waals surface area (Å²) in [6, 6.07) is 10.2. The molecule has 0 saturated heterocycles. The van der Waals surface area contributed by atoms with E-state index < -0.39 is 11.2 Å². The molecule has 0 bridgehead atoms. The summed E-state index contributed by atoms with van der Waals surface area (Å²) in [6.45, 7) is 9.49. The molecule has 1 aromatic carbocycles. The lowest BCUT2D eigenvalue weighted by atomic mass is 9.67. The van der Waals surface area contributed by atoms with Gasteiger partial charge in [0.25, 0.3) is 0 Å². The second kappa shape index (κ2) is 5.64. The first-order valence-corrected chi connectivity index (χ1v) is 7.07. The minimum atomic E-state index is -0.798. The van der Waals surface area contributed by atoms with E-state index in [1.165, 1.54) is 0 Å². The van der Waals surface area contributed by atoms with Gasteiger partial charge in [-0.1, -0.05) is 37.3 Å². The van der Waals surface area contributed by atoms with Gasteiger partial charge >= 0.3 is 0 Å². The fourth-order valence-electron chi connectivity index (χ4n) is 2.48. The van der Waals surface area contributed by atoms with Gasteiger partial charge in [0.15, 0.2) is 0 Å². The summed E-state index contributed by atoms with van der Waals surface area (Å²) in [5.74, 6) is 0. The Morgan fingerprint density at radius 2 is 1.37 bits per heavy atom. The first-order valence-electron chi connectivity index (χ1n) is 7.07. The molecule has 0 radical (unpaired) electrons. The molecule has 0 aromatic heterocycles. The Morgan fingerprint density at radius 1 is 0.842 bits per heavy atom. The summed E-state index contributed by atoms with van der Waals surface area (Å²) in [5.41, 5.74) is -0.594. The minimum Gasteiger partial charge on any atom is -0.390 e. The third-order valence-corrected chi connectivity index (χ3v) is 4.23. The maximum absolute atomic E-state index is 10.6. The number of benzene rings is 1. The van der Waals surface area contributed by atoms with Gasteiger partial charge in [-0.2, -0.15) is 0 Å².